The van der Waals surface area contributed by atoms with Crippen molar-refractivity contribution in [3.8, 4) is 6.07 Å². The first-order valence-corrected chi connectivity index (χ1v) is 7.43. The van der Waals surface area contributed by atoms with E-state index in [1.54, 1.807) is 42.5 Å². The minimum Gasteiger partial charge on any atom is -0.398 e. The molecular weight excluding hydrogens is 306 g/mol. The number of benzene rings is 2. The molecule has 106 valence electrons. The smallest absolute Gasteiger partial charge is 0.234 e. The van der Waals surface area contributed by atoms with Crippen molar-refractivity contribution in [1.82, 2.24) is 0 Å². The number of nitrogens with zero attached hydrogens (tertiary/aromatic N) is 1. The third kappa shape index (κ3) is 4.15. The van der Waals surface area contributed by atoms with Crippen molar-refractivity contribution in [2.75, 3.05) is 16.8 Å². The first kappa shape index (κ1) is 15.2. The van der Waals surface area contributed by atoms with Crippen LogP contribution >= 0.6 is 23.4 Å². The molecule has 0 saturated carbocycles. The van der Waals surface area contributed by atoms with Gasteiger partial charge in [-0.15, -0.1) is 11.8 Å². The van der Waals surface area contributed by atoms with Crippen LogP contribution in [0.4, 0.5) is 11.4 Å². The number of anilines is 2. The van der Waals surface area contributed by atoms with Crippen LogP contribution in [-0.4, -0.2) is 11.7 Å². The highest BCUT2D eigenvalue weighted by molar-refractivity contribution is 8.00. The fourth-order valence-corrected chi connectivity index (χ4v) is 2.69. The van der Waals surface area contributed by atoms with Gasteiger partial charge in [-0.05, 0) is 30.3 Å². The number of rotatable bonds is 4. The maximum absolute atomic E-state index is 11.9. The second kappa shape index (κ2) is 7.02. The predicted molar refractivity (Wildman–Crippen MR) is 86.4 cm³/mol. The van der Waals surface area contributed by atoms with Gasteiger partial charge in [0.1, 0.15) is 6.07 Å². The molecule has 0 bridgehead atoms. The van der Waals surface area contributed by atoms with Crippen molar-refractivity contribution in [3.63, 3.8) is 0 Å². The fraction of sp³-hybridized carbons (Fsp3) is 0.0667. The summed E-state index contributed by atoms with van der Waals surface area (Å²) in [7, 11) is 0. The number of nitrogen functional groups attached to an aromatic ring is 1. The molecule has 0 aromatic heterocycles. The highest BCUT2D eigenvalue weighted by atomic mass is 35.5. The number of amides is 1. The molecule has 0 fully saturated rings. The first-order chi connectivity index (χ1) is 10.1. The summed E-state index contributed by atoms with van der Waals surface area (Å²) >= 11 is 7.19. The maximum Gasteiger partial charge on any atom is 0.234 e. The summed E-state index contributed by atoms with van der Waals surface area (Å²) < 4.78 is 0. The molecule has 0 aliphatic carbocycles. The molecule has 0 heterocycles. The van der Waals surface area contributed by atoms with E-state index < -0.39 is 0 Å². The third-order valence-corrected chi connectivity index (χ3v) is 3.96. The van der Waals surface area contributed by atoms with Crippen molar-refractivity contribution in [2.24, 2.45) is 0 Å². The van der Waals surface area contributed by atoms with Gasteiger partial charge in [-0.2, -0.15) is 5.26 Å². The number of nitrogens with one attached hydrogen (secondary N) is 1. The molecule has 0 atom stereocenters. The fourth-order valence-electron chi connectivity index (χ4n) is 1.65. The molecule has 0 aliphatic heterocycles. The summed E-state index contributed by atoms with van der Waals surface area (Å²) in [5, 5.41) is 12.2. The molecule has 0 radical (unpaired) electrons. The van der Waals surface area contributed by atoms with Crippen LogP contribution in [0.5, 0.6) is 0 Å². The minimum absolute atomic E-state index is 0.185. The van der Waals surface area contributed by atoms with Gasteiger partial charge in [0.2, 0.25) is 5.91 Å². The summed E-state index contributed by atoms with van der Waals surface area (Å²) in [6.45, 7) is 0. The van der Waals surface area contributed by atoms with Crippen molar-refractivity contribution in [1.29, 1.82) is 5.26 Å². The monoisotopic (exact) mass is 317 g/mol. The van der Waals surface area contributed by atoms with E-state index in [0.717, 1.165) is 4.90 Å². The Morgan fingerprint density at radius 2 is 2.10 bits per heavy atom. The zero-order chi connectivity index (χ0) is 15.2. The Bertz CT molecular complexity index is 712. The average molecular weight is 318 g/mol. The number of carbonyl (C=O) groups excluding carboxylic acids is 1. The predicted octanol–water partition coefficient (Wildman–Crippen LogP) is 3.52. The Morgan fingerprint density at radius 3 is 2.86 bits per heavy atom. The summed E-state index contributed by atoms with van der Waals surface area (Å²) in [6.07, 6.45) is 0. The van der Waals surface area contributed by atoms with Crippen molar-refractivity contribution < 1.29 is 4.79 Å². The van der Waals surface area contributed by atoms with E-state index in [-0.39, 0.29) is 11.7 Å². The highest BCUT2D eigenvalue weighted by Gasteiger charge is 2.08. The second-order valence-corrected chi connectivity index (χ2v) is 5.63. The van der Waals surface area contributed by atoms with Gasteiger partial charge in [0.05, 0.1) is 17.0 Å². The molecule has 0 aliphatic rings. The van der Waals surface area contributed by atoms with Crippen LogP contribution in [0.1, 0.15) is 5.56 Å². The van der Waals surface area contributed by atoms with Gasteiger partial charge in [-0.25, -0.2) is 0 Å². The van der Waals surface area contributed by atoms with Crippen molar-refractivity contribution in [2.45, 2.75) is 4.90 Å². The molecule has 2 rings (SSSR count). The topological polar surface area (TPSA) is 78.9 Å². The molecule has 21 heavy (non-hydrogen) atoms. The average Bonchev–Trinajstić information content (AvgIpc) is 2.49. The third-order valence-electron chi connectivity index (χ3n) is 2.66. The summed E-state index contributed by atoms with van der Waals surface area (Å²) in [5.41, 5.74) is 7.33. The van der Waals surface area contributed by atoms with Crippen molar-refractivity contribution >= 4 is 40.6 Å². The van der Waals surface area contributed by atoms with Crippen LogP contribution in [0.3, 0.4) is 0 Å². The van der Waals surface area contributed by atoms with Crippen molar-refractivity contribution in [3.05, 3.63) is 53.1 Å². The molecule has 6 heteroatoms. The number of nitriles is 1. The molecule has 2 aromatic rings. The lowest BCUT2D eigenvalue weighted by Crippen LogP contribution is -2.15. The van der Waals surface area contributed by atoms with E-state index in [4.69, 9.17) is 22.6 Å². The summed E-state index contributed by atoms with van der Waals surface area (Å²) in [4.78, 5) is 12.7. The van der Waals surface area contributed by atoms with Gasteiger partial charge < -0.3 is 11.1 Å². The quantitative estimate of drug-likeness (QED) is 0.668. The van der Waals surface area contributed by atoms with Gasteiger partial charge in [0.25, 0.3) is 0 Å². The van der Waals surface area contributed by atoms with Gasteiger partial charge in [0, 0.05) is 15.6 Å². The van der Waals surface area contributed by atoms with E-state index in [1.807, 2.05) is 6.07 Å². The maximum atomic E-state index is 11.9. The number of hydrogen-bond acceptors (Lipinski definition) is 4. The van der Waals surface area contributed by atoms with Gasteiger partial charge in [0.15, 0.2) is 0 Å². The summed E-state index contributed by atoms with van der Waals surface area (Å²) in [6, 6.07) is 14.0. The lowest BCUT2D eigenvalue weighted by atomic mass is 10.2. The van der Waals surface area contributed by atoms with Gasteiger partial charge in [-0.3, -0.25) is 4.79 Å². The zero-order valence-corrected chi connectivity index (χ0v) is 12.5. The van der Waals surface area contributed by atoms with E-state index in [1.165, 1.54) is 11.8 Å². The van der Waals surface area contributed by atoms with E-state index in [9.17, 15) is 4.79 Å². The zero-order valence-electron chi connectivity index (χ0n) is 11.0. The Labute approximate surface area is 131 Å². The number of hydrogen-bond donors (Lipinski definition) is 2. The van der Waals surface area contributed by atoms with E-state index >= 15 is 0 Å². The van der Waals surface area contributed by atoms with Gasteiger partial charge in [-0.1, -0.05) is 23.7 Å². The Hall–Kier alpha value is -2.16. The molecule has 3 N–H and O–H groups in total. The highest BCUT2D eigenvalue weighted by Crippen LogP contribution is 2.28. The number of nitrogens with two attached hydrogens (primary N) is 1. The number of carbonyl (C=O) groups is 1. The largest absolute Gasteiger partial charge is 0.398 e. The number of para-hydroxylation sites is 1. The van der Waals surface area contributed by atoms with Crippen LogP contribution in [0.15, 0.2) is 47.4 Å². The molecule has 1 amide bonds. The molecule has 4 nitrogen and oxygen atoms in total. The van der Waals surface area contributed by atoms with Crippen LogP contribution in [-0.2, 0) is 4.79 Å². The number of halogens is 1. The Kier molecular flexibility index (Phi) is 5.09. The van der Waals surface area contributed by atoms with Crippen LogP contribution < -0.4 is 11.1 Å². The lowest BCUT2D eigenvalue weighted by molar-refractivity contribution is -0.113. The van der Waals surface area contributed by atoms with E-state index in [0.29, 0.717) is 22.0 Å². The molecular formula is C15H12ClN3OS. The molecule has 0 saturated heterocycles. The standard InChI is InChI=1S/C15H12ClN3OS/c16-11-5-6-12(18)14(7-11)21-9-15(20)19-13-4-2-1-3-10(13)8-17/h1-7H,9,18H2,(H,19,20). The SMILES string of the molecule is N#Cc1ccccc1NC(=O)CSc1cc(Cl)ccc1N. The number of thioether (sulfide) groups is 1. The Balaban J connectivity index is 2.00. The van der Waals surface area contributed by atoms with Gasteiger partial charge >= 0.3 is 0 Å². The molecule has 2 aromatic carbocycles. The normalized spacial score (nSPS) is 9.90. The Morgan fingerprint density at radius 1 is 1.33 bits per heavy atom. The lowest BCUT2D eigenvalue weighted by Gasteiger charge is -2.08. The van der Waals surface area contributed by atoms with Crippen LogP contribution in [0.2, 0.25) is 5.02 Å². The summed E-state index contributed by atoms with van der Waals surface area (Å²) in [5.74, 6) is -0.0216. The minimum atomic E-state index is -0.206. The second-order valence-electron chi connectivity index (χ2n) is 4.18. The first-order valence-electron chi connectivity index (χ1n) is 6.07. The van der Waals surface area contributed by atoms with Crippen LogP contribution in [0, 0.1) is 11.3 Å². The van der Waals surface area contributed by atoms with Crippen LogP contribution in [0.25, 0.3) is 0 Å². The van der Waals surface area contributed by atoms with E-state index in [2.05, 4.69) is 5.32 Å². The molecule has 0 spiro atoms. The molecule has 0 unspecified atom stereocenters.